The van der Waals surface area contributed by atoms with Crippen LogP contribution in [-0.2, 0) is 0 Å². The van der Waals surface area contributed by atoms with E-state index in [1.807, 2.05) is 6.08 Å². The summed E-state index contributed by atoms with van der Waals surface area (Å²) >= 11 is 0. The van der Waals surface area contributed by atoms with Gasteiger partial charge in [-0.05, 0) is 42.7 Å². The molecule has 0 saturated carbocycles. The van der Waals surface area contributed by atoms with E-state index >= 15 is 0 Å². The molecule has 0 aromatic rings. The van der Waals surface area contributed by atoms with Gasteiger partial charge in [0.15, 0.2) is 0 Å². The Hall–Kier alpha value is -1.16. The molecule has 56 valence electrons. The van der Waals surface area contributed by atoms with Crippen LogP contribution < -0.4 is 5.32 Å². The molecule has 1 nitrogen and oxygen atoms in total. The molecule has 1 heterocycles. The summed E-state index contributed by atoms with van der Waals surface area (Å²) < 4.78 is 0. The molecule has 1 saturated heterocycles. The summed E-state index contributed by atoms with van der Waals surface area (Å²) in [6.45, 7) is 1.08. The Bertz CT molecular complexity index is 284. The normalized spacial score (nSPS) is 21.1. The molecule has 0 aromatic carbocycles. The summed E-state index contributed by atoms with van der Waals surface area (Å²) in [6, 6.07) is 0. The fraction of sp³-hybridized carbons (Fsp3) is 0.400. The zero-order chi connectivity index (χ0) is 7.52. The molecule has 1 heteroatoms. The Balaban J connectivity index is 2.33. The van der Waals surface area contributed by atoms with Crippen molar-refractivity contribution in [1.82, 2.24) is 5.32 Å². The van der Waals surface area contributed by atoms with E-state index in [2.05, 4.69) is 22.9 Å². The van der Waals surface area contributed by atoms with E-state index < -0.39 is 0 Å². The van der Waals surface area contributed by atoms with Gasteiger partial charge in [0.25, 0.3) is 0 Å². The van der Waals surface area contributed by atoms with Gasteiger partial charge in [-0.15, -0.1) is 0 Å². The summed E-state index contributed by atoms with van der Waals surface area (Å²) in [5.41, 5.74) is 8.60. The van der Waals surface area contributed by atoms with Crippen LogP contribution in [0.4, 0.5) is 0 Å². The first kappa shape index (κ1) is 6.54. The highest BCUT2D eigenvalue weighted by Crippen LogP contribution is 2.18. The van der Waals surface area contributed by atoms with Gasteiger partial charge in [0, 0.05) is 6.54 Å². The first-order valence-electron chi connectivity index (χ1n) is 4.12. The van der Waals surface area contributed by atoms with Gasteiger partial charge in [0.2, 0.25) is 0 Å². The number of fused-ring (bicyclic) bond motifs is 1. The van der Waals surface area contributed by atoms with Crippen LogP contribution in [0, 0.1) is 0 Å². The quantitative estimate of drug-likeness (QED) is 0.513. The molecule has 0 bridgehead atoms. The van der Waals surface area contributed by atoms with Crippen LogP contribution in [0.15, 0.2) is 34.9 Å². The third kappa shape index (κ3) is 1.30. The maximum absolute atomic E-state index is 3.34. The van der Waals surface area contributed by atoms with Crippen molar-refractivity contribution in [3.63, 3.8) is 0 Å². The Morgan fingerprint density at radius 3 is 3.36 bits per heavy atom. The van der Waals surface area contributed by atoms with E-state index in [-0.39, 0.29) is 0 Å². The molecule has 2 rings (SSSR count). The highest BCUT2D eigenvalue weighted by molar-refractivity contribution is 5.35. The minimum Gasteiger partial charge on any atom is -0.378 e. The van der Waals surface area contributed by atoms with Crippen molar-refractivity contribution >= 4 is 0 Å². The second-order valence-electron chi connectivity index (χ2n) is 2.89. The maximum atomic E-state index is 3.34. The van der Waals surface area contributed by atoms with Gasteiger partial charge in [-0.25, -0.2) is 0 Å². The Kier molecular flexibility index (Phi) is 1.69. The van der Waals surface area contributed by atoms with E-state index in [0.717, 1.165) is 12.2 Å². The van der Waals surface area contributed by atoms with Gasteiger partial charge >= 0.3 is 0 Å². The van der Waals surface area contributed by atoms with Gasteiger partial charge < -0.3 is 5.32 Å². The maximum Gasteiger partial charge on any atom is 0.0889 e. The van der Waals surface area contributed by atoms with Crippen molar-refractivity contribution in [2.45, 2.75) is 19.3 Å². The fourth-order valence-electron chi connectivity index (χ4n) is 1.44. The van der Waals surface area contributed by atoms with Crippen LogP contribution in [0.25, 0.3) is 0 Å². The predicted octanol–water partition coefficient (Wildman–Crippen LogP) is 1.89. The average Bonchev–Trinajstić information content (AvgIpc) is 2.28. The van der Waals surface area contributed by atoms with Crippen molar-refractivity contribution in [3.05, 3.63) is 34.9 Å². The monoisotopic (exact) mass is 145 g/mol. The molecule has 1 aliphatic heterocycles. The first-order chi connectivity index (χ1) is 5.47. The largest absolute Gasteiger partial charge is 0.378 e. The van der Waals surface area contributed by atoms with Crippen molar-refractivity contribution in [3.8, 4) is 0 Å². The lowest BCUT2D eigenvalue weighted by Gasteiger charge is -2.06. The molecule has 1 aliphatic carbocycles. The van der Waals surface area contributed by atoms with E-state index in [0.29, 0.717) is 0 Å². The zero-order valence-electron chi connectivity index (χ0n) is 6.48. The lowest BCUT2D eigenvalue weighted by atomic mass is 10.1. The molecule has 2 aliphatic rings. The van der Waals surface area contributed by atoms with Crippen molar-refractivity contribution in [1.29, 1.82) is 0 Å². The van der Waals surface area contributed by atoms with Crippen molar-refractivity contribution in [2.24, 2.45) is 0 Å². The topological polar surface area (TPSA) is 12.0 Å². The average molecular weight is 145 g/mol. The van der Waals surface area contributed by atoms with Crippen LogP contribution in [-0.4, -0.2) is 6.54 Å². The molecule has 0 atom stereocenters. The van der Waals surface area contributed by atoms with Crippen LogP contribution in [0.5, 0.6) is 0 Å². The third-order valence-electron chi connectivity index (χ3n) is 2.06. The first-order valence-corrected chi connectivity index (χ1v) is 4.12. The second kappa shape index (κ2) is 2.84. The SMILES string of the molecule is C1=C=C2NCCCCC2=CC=1. The molecule has 0 aromatic heterocycles. The number of nitrogens with one attached hydrogen (secondary N) is 1. The Labute approximate surface area is 66.8 Å². The third-order valence-corrected chi connectivity index (χ3v) is 2.06. The number of rotatable bonds is 0. The van der Waals surface area contributed by atoms with Crippen molar-refractivity contribution < 1.29 is 0 Å². The van der Waals surface area contributed by atoms with Gasteiger partial charge in [-0.2, -0.15) is 0 Å². The van der Waals surface area contributed by atoms with Crippen LogP contribution >= 0.6 is 0 Å². The standard InChI is InChI=1S/C10H11N/c1-2-7-10-9(5-1)6-3-4-8-11-10/h1,5,11H,3-4,6,8H2. The second-order valence-corrected chi connectivity index (χ2v) is 2.89. The highest BCUT2D eigenvalue weighted by Gasteiger charge is 2.08. The van der Waals surface area contributed by atoms with E-state index in [1.165, 1.54) is 24.8 Å². The lowest BCUT2D eigenvalue weighted by molar-refractivity contribution is 0.732. The van der Waals surface area contributed by atoms with E-state index in [4.69, 9.17) is 0 Å². The molecule has 0 amide bonds. The minimum absolute atomic E-state index is 1.08. The van der Waals surface area contributed by atoms with Crippen LogP contribution in [0.2, 0.25) is 0 Å². The summed E-state index contributed by atoms with van der Waals surface area (Å²) in [5, 5.41) is 3.34. The zero-order valence-corrected chi connectivity index (χ0v) is 6.48. The van der Waals surface area contributed by atoms with Crippen LogP contribution in [0.1, 0.15) is 19.3 Å². The van der Waals surface area contributed by atoms with Gasteiger partial charge in [-0.3, -0.25) is 0 Å². The fourth-order valence-corrected chi connectivity index (χ4v) is 1.44. The molecule has 0 radical (unpaired) electrons. The molecule has 11 heavy (non-hydrogen) atoms. The molecular weight excluding hydrogens is 134 g/mol. The Morgan fingerprint density at radius 2 is 2.36 bits per heavy atom. The Morgan fingerprint density at radius 1 is 1.36 bits per heavy atom. The van der Waals surface area contributed by atoms with Gasteiger partial charge in [0.05, 0.1) is 5.70 Å². The summed E-state index contributed by atoms with van der Waals surface area (Å²) in [5.74, 6) is 0. The molecule has 0 unspecified atom stereocenters. The summed E-state index contributed by atoms with van der Waals surface area (Å²) in [4.78, 5) is 0. The molecule has 1 N–H and O–H groups in total. The summed E-state index contributed by atoms with van der Waals surface area (Å²) in [7, 11) is 0. The number of allylic oxidation sites excluding steroid dienone is 3. The molecule has 1 fully saturated rings. The predicted molar refractivity (Wildman–Crippen MR) is 45.0 cm³/mol. The highest BCUT2D eigenvalue weighted by atomic mass is 14.9. The molecular formula is C10H11N. The van der Waals surface area contributed by atoms with Crippen molar-refractivity contribution in [2.75, 3.05) is 6.54 Å². The number of hydrogen-bond acceptors (Lipinski definition) is 1. The van der Waals surface area contributed by atoms with Gasteiger partial charge in [0.1, 0.15) is 0 Å². The minimum atomic E-state index is 1.08. The summed E-state index contributed by atoms with van der Waals surface area (Å²) in [6.07, 6.45) is 7.81. The number of hydrogen-bond donors (Lipinski definition) is 1. The van der Waals surface area contributed by atoms with E-state index in [9.17, 15) is 0 Å². The molecule has 0 spiro atoms. The smallest absolute Gasteiger partial charge is 0.0889 e. The van der Waals surface area contributed by atoms with Gasteiger partial charge in [-0.1, -0.05) is 5.73 Å². The van der Waals surface area contributed by atoms with Crippen LogP contribution in [0.3, 0.4) is 0 Å². The lowest BCUT2D eigenvalue weighted by Crippen LogP contribution is -2.12. The van der Waals surface area contributed by atoms with E-state index in [1.54, 1.807) is 0 Å².